The number of nitrogens with zero attached hydrogens (tertiary/aromatic N) is 1. The fourth-order valence-corrected chi connectivity index (χ4v) is 3.72. The van der Waals surface area contributed by atoms with E-state index in [1.165, 1.54) is 10.5 Å². The van der Waals surface area contributed by atoms with E-state index < -0.39 is 6.09 Å². The van der Waals surface area contributed by atoms with E-state index in [0.717, 1.165) is 35.3 Å². The number of carbonyl (C=O) groups is 1. The van der Waals surface area contributed by atoms with Crippen LogP contribution in [0.25, 0.3) is 0 Å². The summed E-state index contributed by atoms with van der Waals surface area (Å²) in [6.07, 6.45) is 0.458. The molecule has 4 nitrogen and oxygen atoms in total. The summed E-state index contributed by atoms with van der Waals surface area (Å²) in [7, 11) is 0. The highest BCUT2D eigenvalue weighted by molar-refractivity contribution is 5.65. The van der Waals surface area contributed by atoms with E-state index in [0.29, 0.717) is 13.1 Å². The number of para-hydroxylation sites is 1. The van der Waals surface area contributed by atoms with Crippen LogP contribution in [0.2, 0.25) is 0 Å². The molecule has 1 aliphatic rings. The first-order valence-electron chi connectivity index (χ1n) is 9.52. The Hall–Kier alpha value is -3.27. The van der Waals surface area contributed by atoms with Crippen LogP contribution in [-0.4, -0.2) is 28.7 Å². The predicted octanol–water partition coefficient (Wildman–Crippen LogP) is 4.76. The number of amides is 1. The summed E-state index contributed by atoms with van der Waals surface area (Å²) in [6, 6.07) is 26.2. The molecule has 142 valence electrons. The second kappa shape index (κ2) is 8.17. The van der Waals surface area contributed by atoms with Crippen LogP contribution < -0.4 is 4.74 Å². The summed E-state index contributed by atoms with van der Waals surface area (Å²) in [5, 5.41) is 9.63. The summed E-state index contributed by atoms with van der Waals surface area (Å²) >= 11 is 0. The summed E-state index contributed by atoms with van der Waals surface area (Å²) in [5.41, 5.74) is 4.52. The number of ether oxygens (including phenoxy) is 1. The van der Waals surface area contributed by atoms with Gasteiger partial charge in [0, 0.05) is 19.4 Å². The lowest BCUT2D eigenvalue weighted by molar-refractivity contribution is 0.112. The van der Waals surface area contributed by atoms with Gasteiger partial charge in [0.25, 0.3) is 0 Å². The number of carboxylic acid groups (broad SMARTS) is 1. The van der Waals surface area contributed by atoms with Crippen LogP contribution in [0, 0.1) is 0 Å². The molecular formula is C24H23NO3. The molecule has 0 saturated heterocycles. The molecule has 1 N–H and O–H groups in total. The average molecular weight is 373 g/mol. The summed E-state index contributed by atoms with van der Waals surface area (Å²) in [6.45, 7) is 0.715. The van der Waals surface area contributed by atoms with E-state index in [2.05, 4.69) is 30.3 Å². The molecule has 0 saturated carbocycles. The maximum atomic E-state index is 11.7. The van der Waals surface area contributed by atoms with Gasteiger partial charge in [-0.1, -0.05) is 78.9 Å². The van der Waals surface area contributed by atoms with Crippen molar-refractivity contribution >= 4 is 6.09 Å². The molecule has 0 aliphatic carbocycles. The number of hydrogen-bond donors (Lipinski definition) is 1. The average Bonchev–Trinajstić information content (AvgIpc) is 3.13. The van der Waals surface area contributed by atoms with Gasteiger partial charge in [-0.25, -0.2) is 4.79 Å². The van der Waals surface area contributed by atoms with E-state index in [-0.39, 0.29) is 6.10 Å². The Bertz CT molecular complexity index is 941. The monoisotopic (exact) mass is 373 g/mol. The van der Waals surface area contributed by atoms with Crippen molar-refractivity contribution in [1.29, 1.82) is 0 Å². The molecule has 0 fully saturated rings. The third kappa shape index (κ3) is 4.17. The molecule has 1 amide bonds. The molecule has 3 aromatic carbocycles. The van der Waals surface area contributed by atoms with E-state index in [1.807, 2.05) is 48.5 Å². The highest BCUT2D eigenvalue weighted by atomic mass is 16.5. The molecule has 0 bridgehead atoms. The Morgan fingerprint density at radius 1 is 0.929 bits per heavy atom. The number of rotatable bonds is 6. The maximum Gasteiger partial charge on any atom is 0.407 e. The molecule has 4 heteroatoms. The fraction of sp³-hybridized carbons (Fsp3) is 0.208. The lowest BCUT2D eigenvalue weighted by Gasteiger charge is -2.23. The van der Waals surface area contributed by atoms with Crippen molar-refractivity contribution in [2.24, 2.45) is 0 Å². The van der Waals surface area contributed by atoms with Crippen molar-refractivity contribution in [3.63, 3.8) is 0 Å². The molecule has 1 aliphatic heterocycles. The zero-order valence-electron chi connectivity index (χ0n) is 15.6. The van der Waals surface area contributed by atoms with Gasteiger partial charge in [-0.15, -0.1) is 0 Å². The van der Waals surface area contributed by atoms with Crippen molar-refractivity contribution in [3.05, 3.63) is 101 Å². The van der Waals surface area contributed by atoms with Gasteiger partial charge in [-0.2, -0.15) is 0 Å². The topological polar surface area (TPSA) is 49.8 Å². The minimum atomic E-state index is -0.923. The lowest BCUT2D eigenvalue weighted by atomic mass is 10.0. The molecule has 1 heterocycles. The zero-order valence-corrected chi connectivity index (χ0v) is 15.6. The molecule has 3 aromatic rings. The van der Waals surface area contributed by atoms with Crippen molar-refractivity contribution < 1.29 is 14.6 Å². The molecule has 0 aromatic heterocycles. The van der Waals surface area contributed by atoms with Crippen LogP contribution in [0.3, 0.4) is 0 Å². The quantitative estimate of drug-likeness (QED) is 0.678. The standard InChI is InChI=1S/C24H23NO3/c26-24(27)25(16-19-10-5-2-6-11-19)17-22-15-21-13-7-12-20(23(21)28-22)14-18-8-3-1-4-9-18/h1-13,22H,14-17H2,(H,26,27). The third-order valence-corrected chi connectivity index (χ3v) is 5.06. The van der Waals surface area contributed by atoms with Gasteiger partial charge in [0.05, 0.1) is 6.54 Å². The summed E-state index contributed by atoms with van der Waals surface area (Å²) in [4.78, 5) is 13.2. The summed E-state index contributed by atoms with van der Waals surface area (Å²) in [5.74, 6) is 0.918. The minimum absolute atomic E-state index is 0.160. The Labute approximate surface area is 165 Å². The molecule has 28 heavy (non-hydrogen) atoms. The van der Waals surface area contributed by atoms with Gasteiger partial charge in [-0.05, 0) is 22.3 Å². The zero-order chi connectivity index (χ0) is 19.3. The van der Waals surface area contributed by atoms with Gasteiger partial charge in [0.15, 0.2) is 0 Å². The second-order valence-corrected chi connectivity index (χ2v) is 7.16. The molecule has 4 rings (SSSR count). The molecule has 1 unspecified atom stereocenters. The molecule has 1 atom stereocenters. The molecule has 0 radical (unpaired) electrons. The molecule has 0 spiro atoms. The van der Waals surface area contributed by atoms with Crippen molar-refractivity contribution in [2.75, 3.05) is 6.54 Å². The highest BCUT2D eigenvalue weighted by Crippen LogP contribution is 2.34. The third-order valence-electron chi connectivity index (χ3n) is 5.06. The Kier molecular flexibility index (Phi) is 5.29. The van der Waals surface area contributed by atoms with E-state index in [4.69, 9.17) is 4.74 Å². The first kappa shape index (κ1) is 18.1. The SMILES string of the molecule is O=C(O)N(Cc1ccccc1)CC1Cc2cccc(Cc3ccccc3)c2O1. The normalized spacial score (nSPS) is 14.9. The first-order chi connectivity index (χ1) is 13.7. The van der Waals surface area contributed by atoms with Gasteiger partial charge < -0.3 is 14.7 Å². The number of fused-ring (bicyclic) bond motifs is 1. The Morgan fingerprint density at radius 3 is 2.29 bits per heavy atom. The van der Waals surface area contributed by atoms with Crippen LogP contribution in [0.15, 0.2) is 78.9 Å². The minimum Gasteiger partial charge on any atom is -0.488 e. The van der Waals surface area contributed by atoms with Crippen molar-refractivity contribution in [2.45, 2.75) is 25.5 Å². The van der Waals surface area contributed by atoms with Gasteiger partial charge in [0.1, 0.15) is 11.9 Å². The van der Waals surface area contributed by atoms with Crippen LogP contribution in [0.4, 0.5) is 4.79 Å². The maximum absolute atomic E-state index is 11.7. The Morgan fingerprint density at radius 2 is 1.61 bits per heavy atom. The van der Waals surface area contributed by atoms with Crippen LogP contribution in [0.1, 0.15) is 22.3 Å². The van der Waals surface area contributed by atoms with Crippen LogP contribution in [-0.2, 0) is 19.4 Å². The number of hydrogen-bond acceptors (Lipinski definition) is 2. The van der Waals surface area contributed by atoms with E-state index >= 15 is 0 Å². The predicted molar refractivity (Wildman–Crippen MR) is 109 cm³/mol. The smallest absolute Gasteiger partial charge is 0.407 e. The second-order valence-electron chi connectivity index (χ2n) is 7.16. The van der Waals surface area contributed by atoms with E-state index in [9.17, 15) is 9.90 Å². The van der Waals surface area contributed by atoms with Gasteiger partial charge in [0.2, 0.25) is 0 Å². The number of benzene rings is 3. The van der Waals surface area contributed by atoms with Crippen LogP contribution in [0.5, 0.6) is 5.75 Å². The van der Waals surface area contributed by atoms with Crippen molar-refractivity contribution in [1.82, 2.24) is 4.90 Å². The van der Waals surface area contributed by atoms with E-state index in [1.54, 1.807) is 0 Å². The molecular weight excluding hydrogens is 350 g/mol. The Balaban J connectivity index is 1.46. The van der Waals surface area contributed by atoms with Crippen molar-refractivity contribution in [3.8, 4) is 5.75 Å². The fourth-order valence-electron chi connectivity index (χ4n) is 3.72. The van der Waals surface area contributed by atoms with Gasteiger partial charge >= 0.3 is 6.09 Å². The first-order valence-corrected chi connectivity index (χ1v) is 9.52. The van der Waals surface area contributed by atoms with Crippen LogP contribution >= 0.6 is 0 Å². The van der Waals surface area contributed by atoms with Gasteiger partial charge in [-0.3, -0.25) is 0 Å². The summed E-state index contributed by atoms with van der Waals surface area (Å²) < 4.78 is 6.22. The largest absolute Gasteiger partial charge is 0.488 e. The lowest BCUT2D eigenvalue weighted by Crippen LogP contribution is -2.38. The highest BCUT2D eigenvalue weighted by Gasteiger charge is 2.28.